The first kappa shape index (κ1) is 19.3. The van der Waals surface area contributed by atoms with E-state index in [-0.39, 0.29) is 6.10 Å². The number of hydrogen-bond acceptors (Lipinski definition) is 3. The fraction of sp³-hybridized carbons (Fsp3) is 0.565. The predicted molar refractivity (Wildman–Crippen MR) is 105 cm³/mol. The molecule has 26 heavy (non-hydrogen) atoms. The number of aliphatic hydroxyl groups is 2. The van der Waals surface area contributed by atoms with Crippen molar-refractivity contribution in [1.29, 1.82) is 0 Å². The Hall–Kier alpha value is -1.42. The summed E-state index contributed by atoms with van der Waals surface area (Å²) in [6.45, 7) is 2.00. The zero-order valence-electron chi connectivity index (χ0n) is 15.7. The lowest BCUT2D eigenvalue weighted by Gasteiger charge is -2.25. The zero-order chi connectivity index (χ0) is 18.4. The summed E-state index contributed by atoms with van der Waals surface area (Å²) >= 11 is 0. The maximum Gasteiger partial charge on any atom is 0.0761 e. The van der Waals surface area contributed by atoms with Crippen LogP contribution in [-0.4, -0.2) is 34.6 Å². The minimum Gasteiger partial charge on any atom is -0.393 e. The van der Waals surface area contributed by atoms with E-state index in [1.54, 1.807) is 0 Å². The number of aliphatic hydroxyl groups excluding tert-OH is 2. The minimum absolute atomic E-state index is 0.230. The summed E-state index contributed by atoms with van der Waals surface area (Å²) in [7, 11) is 0. The van der Waals surface area contributed by atoms with E-state index in [0.29, 0.717) is 30.5 Å². The van der Waals surface area contributed by atoms with Gasteiger partial charge in [-0.2, -0.15) is 0 Å². The summed E-state index contributed by atoms with van der Waals surface area (Å²) in [5, 5.41) is 20.0. The lowest BCUT2D eigenvalue weighted by atomic mass is 9.77. The highest BCUT2D eigenvalue weighted by Gasteiger charge is 2.46. The largest absolute Gasteiger partial charge is 0.393 e. The molecule has 142 valence electrons. The van der Waals surface area contributed by atoms with Crippen LogP contribution in [0.5, 0.6) is 0 Å². The number of hydrogen-bond donors (Lipinski definition) is 2. The van der Waals surface area contributed by atoms with Crippen LogP contribution >= 0.6 is 0 Å². The molecule has 2 heterocycles. The van der Waals surface area contributed by atoms with E-state index in [1.807, 2.05) is 31.2 Å². The van der Waals surface area contributed by atoms with Crippen molar-refractivity contribution in [2.75, 3.05) is 0 Å². The van der Waals surface area contributed by atoms with Gasteiger partial charge in [0, 0.05) is 12.3 Å². The van der Waals surface area contributed by atoms with Crippen LogP contribution in [0, 0.1) is 11.8 Å². The maximum absolute atomic E-state index is 10.4. The standard InChI is InChI=1S/C23H32O3/c1-2-18(24)10-6-7-11-20-21(23-15-14-22(20)26-23)13-12-19(25)16-17-8-4-3-5-9-17/h3-9,12-13,18-25H,2,10-11,14-16H2,1H3/b7-6-,13-12+/t18-,19?,20-,21?,22-,23+/m1/s1. The molecular weight excluding hydrogens is 324 g/mol. The van der Waals surface area contributed by atoms with E-state index in [4.69, 9.17) is 4.74 Å². The highest BCUT2D eigenvalue weighted by Crippen LogP contribution is 2.45. The van der Waals surface area contributed by atoms with Crippen LogP contribution in [0.2, 0.25) is 0 Å². The predicted octanol–water partition coefficient (Wildman–Crippen LogP) is 4.05. The zero-order valence-corrected chi connectivity index (χ0v) is 15.7. The van der Waals surface area contributed by atoms with Crippen LogP contribution in [-0.2, 0) is 11.2 Å². The van der Waals surface area contributed by atoms with Crippen LogP contribution < -0.4 is 0 Å². The first-order valence-electron chi connectivity index (χ1n) is 10.1. The van der Waals surface area contributed by atoms with Gasteiger partial charge in [-0.15, -0.1) is 0 Å². The number of allylic oxidation sites excluding steroid dienone is 1. The molecule has 0 aromatic heterocycles. The molecule has 0 spiro atoms. The van der Waals surface area contributed by atoms with Gasteiger partial charge in [-0.25, -0.2) is 0 Å². The van der Waals surface area contributed by atoms with Crippen molar-refractivity contribution in [2.45, 2.75) is 69.9 Å². The molecular formula is C23H32O3. The van der Waals surface area contributed by atoms with Crippen LogP contribution in [0.1, 0.15) is 44.6 Å². The molecule has 0 saturated carbocycles. The van der Waals surface area contributed by atoms with Gasteiger partial charge in [0.2, 0.25) is 0 Å². The van der Waals surface area contributed by atoms with Crippen molar-refractivity contribution in [3.63, 3.8) is 0 Å². The van der Waals surface area contributed by atoms with Crippen molar-refractivity contribution >= 4 is 0 Å². The topological polar surface area (TPSA) is 49.7 Å². The van der Waals surface area contributed by atoms with E-state index < -0.39 is 6.10 Å². The van der Waals surface area contributed by atoms with E-state index in [0.717, 1.165) is 37.7 Å². The minimum atomic E-state index is -0.451. The third-order valence-electron chi connectivity index (χ3n) is 5.78. The van der Waals surface area contributed by atoms with Crippen LogP contribution in [0.25, 0.3) is 0 Å². The molecule has 6 atom stereocenters. The van der Waals surface area contributed by atoms with Gasteiger partial charge in [0.1, 0.15) is 0 Å². The van der Waals surface area contributed by atoms with Crippen molar-refractivity contribution < 1.29 is 14.9 Å². The first-order chi connectivity index (χ1) is 12.7. The average molecular weight is 357 g/mol. The Labute approximate surface area is 157 Å². The molecule has 2 aliphatic rings. The van der Waals surface area contributed by atoms with Gasteiger partial charge in [0.15, 0.2) is 0 Å². The van der Waals surface area contributed by atoms with E-state index in [9.17, 15) is 10.2 Å². The fourth-order valence-corrected chi connectivity index (χ4v) is 4.24. The number of ether oxygens (including phenoxy) is 1. The average Bonchev–Trinajstić information content (AvgIpc) is 3.25. The quantitative estimate of drug-likeness (QED) is 0.656. The van der Waals surface area contributed by atoms with Crippen molar-refractivity contribution in [3.05, 3.63) is 60.2 Å². The van der Waals surface area contributed by atoms with E-state index in [2.05, 4.69) is 30.4 Å². The summed E-state index contributed by atoms with van der Waals surface area (Å²) in [4.78, 5) is 0. The second-order valence-corrected chi connectivity index (χ2v) is 7.68. The van der Waals surface area contributed by atoms with Crippen LogP contribution in [0.3, 0.4) is 0 Å². The maximum atomic E-state index is 10.4. The molecule has 1 aromatic rings. The molecule has 2 saturated heterocycles. The Morgan fingerprint density at radius 1 is 1.12 bits per heavy atom. The third kappa shape index (κ3) is 5.06. The van der Waals surface area contributed by atoms with E-state index in [1.165, 1.54) is 0 Å². The molecule has 1 aromatic carbocycles. The van der Waals surface area contributed by atoms with Crippen molar-refractivity contribution in [3.8, 4) is 0 Å². The lowest BCUT2D eigenvalue weighted by molar-refractivity contribution is 0.0899. The number of fused-ring (bicyclic) bond motifs is 2. The molecule has 0 aliphatic carbocycles. The van der Waals surface area contributed by atoms with Gasteiger partial charge in [-0.1, -0.05) is 61.6 Å². The molecule has 2 aliphatic heterocycles. The molecule has 0 amide bonds. The van der Waals surface area contributed by atoms with Crippen LogP contribution in [0.4, 0.5) is 0 Å². The SMILES string of the molecule is CC[C@@H](O)C/C=C\C[C@@H]1C(/C=C/C(O)Cc2ccccc2)[C@@H]2CC[C@H]1O2. The van der Waals surface area contributed by atoms with Gasteiger partial charge < -0.3 is 14.9 Å². The molecule has 3 rings (SSSR count). The van der Waals surface area contributed by atoms with Gasteiger partial charge in [0.25, 0.3) is 0 Å². The second-order valence-electron chi connectivity index (χ2n) is 7.68. The molecule has 3 nitrogen and oxygen atoms in total. The Bertz CT molecular complexity index is 595. The second kappa shape index (κ2) is 9.50. The summed E-state index contributed by atoms with van der Waals surface area (Å²) in [5.41, 5.74) is 1.16. The normalized spacial score (nSPS) is 30.4. The Kier molecular flexibility index (Phi) is 7.07. The molecule has 3 heteroatoms. The first-order valence-corrected chi connectivity index (χ1v) is 10.1. The summed E-state index contributed by atoms with van der Waals surface area (Å²) < 4.78 is 6.13. The van der Waals surface area contributed by atoms with E-state index >= 15 is 0 Å². The highest BCUT2D eigenvalue weighted by molar-refractivity contribution is 5.17. The Morgan fingerprint density at radius 2 is 1.88 bits per heavy atom. The molecule has 2 bridgehead atoms. The highest BCUT2D eigenvalue weighted by atomic mass is 16.5. The Morgan fingerprint density at radius 3 is 2.65 bits per heavy atom. The van der Waals surface area contributed by atoms with Crippen molar-refractivity contribution in [2.24, 2.45) is 11.8 Å². The summed E-state index contributed by atoms with van der Waals surface area (Å²) in [6.07, 6.45) is 13.9. The lowest BCUT2D eigenvalue weighted by Crippen LogP contribution is -2.25. The number of rotatable bonds is 9. The van der Waals surface area contributed by atoms with Gasteiger partial charge in [-0.05, 0) is 43.6 Å². The van der Waals surface area contributed by atoms with Crippen LogP contribution in [0.15, 0.2) is 54.6 Å². The molecule has 2 unspecified atom stereocenters. The molecule has 0 radical (unpaired) electrons. The van der Waals surface area contributed by atoms with Gasteiger partial charge in [0.05, 0.1) is 24.4 Å². The summed E-state index contributed by atoms with van der Waals surface area (Å²) in [5.74, 6) is 0.879. The monoisotopic (exact) mass is 356 g/mol. The third-order valence-corrected chi connectivity index (χ3v) is 5.78. The van der Waals surface area contributed by atoms with Crippen molar-refractivity contribution in [1.82, 2.24) is 0 Å². The van der Waals surface area contributed by atoms with Gasteiger partial charge in [-0.3, -0.25) is 0 Å². The summed E-state index contributed by atoms with van der Waals surface area (Å²) in [6, 6.07) is 10.1. The number of benzene rings is 1. The molecule has 2 N–H and O–H groups in total. The molecule has 2 fully saturated rings. The smallest absolute Gasteiger partial charge is 0.0761 e. The fourth-order valence-electron chi connectivity index (χ4n) is 4.24. The Balaban J connectivity index is 1.54. The van der Waals surface area contributed by atoms with Gasteiger partial charge >= 0.3 is 0 Å².